The van der Waals surface area contributed by atoms with Gasteiger partial charge in [-0.05, 0) is 23.6 Å². The first kappa shape index (κ1) is 16.0. The molecule has 0 spiro atoms. The summed E-state index contributed by atoms with van der Waals surface area (Å²) >= 11 is 1.38. The number of benzene rings is 1. The van der Waals surface area contributed by atoms with E-state index in [1.54, 1.807) is 12.1 Å². The van der Waals surface area contributed by atoms with Crippen LogP contribution in [0.15, 0.2) is 42.5 Å². The van der Waals surface area contributed by atoms with Crippen molar-refractivity contribution < 1.29 is 9.59 Å². The van der Waals surface area contributed by atoms with Crippen molar-refractivity contribution in [1.29, 1.82) is 0 Å². The number of hydrogen-bond acceptors (Lipinski definition) is 3. The Labute approximate surface area is 133 Å². The van der Waals surface area contributed by atoms with E-state index in [2.05, 4.69) is 5.32 Å². The summed E-state index contributed by atoms with van der Waals surface area (Å²) in [6.45, 7) is 4.05. The lowest BCUT2D eigenvalue weighted by Gasteiger charge is -2.01. The molecule has 0 atom stereocenters. The van der Waals surface area contributed by atoms with Gasteiger partial charge in [0.15, 0.2) is 0 Å². The fourth-order valence-electron chi connectivity index (χ4n) is 1.86. The van der Waals surface area contributed by atoms with E-state index in [-0.39, 0.29) is 11.8 Å². The van der Waals surface area contributed by atoms with E-state index < -0.39 is 5.91 Å². The van der Waals surface area contributed by atoms with E-state index in [1.807, 2.05) is 44.2 Å². The molecule has 0 aliphatic carbocycles. The monoisotopic (exact) mass is 314 g/mol. The number of carbonyl (C=O) groups is 2. The standard InChI is InChI=1S/C17H18N2O2S/c1-11(2)14-10-13(16(18)21)17(22-14)19-15(20)9-8-12-6-4-3-5-7-12/h3-11H,1-2H3,(H2,18,21)(H,19,20)/b9-8+. The Kier molecular flexibility index (Phi) is 5.12. The van der Waals surface area contributed by atoms with Crippen LogP contribution in [-0.4, -0.2) is 11.8 Å². The molecule has 0 bridgehead atoms. The number of amides is 2. The van der Waals surface area contributed by atoms with Crippen molar-refractivity contribution in [3.05, 3.63) is 58.5 Å². The Balaban J connectivity index is 2.14. The summed E-state index contributed by atoms with van der Waals surface area (Å²) in [6.07, 6.45) is 3.16. The number of anilines is 1. The zero-order chi connectivity index (χ0) is 16.1. The second kappa shape index (κ2) is 7.04. The molecule has 0 saturated heterocycles. The molecule has 0 fully saturated rings. The second-order valence-corrected chi connectivity index (χ2v) is 6.23. The first-order valence-corrected chi connectivity index (χ1v) is 7.76. The van der Waals surface area contributed by atoms with Gasteiger partial charge in [0.1, 0.15) is 5.00 Å². The summed E-state index contributed by atoms with van der Waals surface area (Å²) in [7, 11) is 0. The number of hydrogen-bond donors (Lipinski definition) is 2. The van der Waals surface area contributed by atoms with Gasteiger partial charge in [-0.25, -0.2) is 0 Å². The third-order valence-corrected chi connectivity index (χ3v) is 4.40. The van der Waals surface area contributed by atoms with Gasteiger partial charge in [-0.3, -0.25) is 9.59 Å². The molecular formula is C17H18N2O2S. The van der Waals surface area contributed by atoms with Crippen molar-refractivity contribution in [2.24, 2.45) is 5.73 Å². The molecule has 0 unspecified atom stereocenters. The van der Waals surface area contributed by atoms with Crippen molar-refractivity contribution in [2.45, 2.75) is 19.8 Å². The molecule has 4 nitrogen and oxygen atoms in total. The lowest BCUT2D eigenvalue weighted by atomic mass is 10.1. The van der Waals surface area contributed by atoms with Gasteiger partial charge < -0.3 is 11.1 Å². The molecule has 22 heavy (non-hydrogen) atoms. The van der Waals surface area contributed by atoms with Crippen LogP contribution in [0.2, 0.25) is 0 Å². The lowest BCUT2D eigenvalue weighted by Crippen LogP contribution is -2.14. The minimum Gasteiger partial charge on any atom is -0.366 e. The lowest BCUT2D eigenvalue weighted by molar-refractivity contribution is -0.111. The predicted octanol–water partition coefficient (Wildman–Crippen LogP) is 3.62. The summed E-state index contributed by atoms with van der Waals surface area (Å²) in [5.41, 5.74) is 6.66. The number of thiophene rings is 1. The van der Waals surface area contributed by atoms with E-state index in [0.29, 0.717) is 10.6 Å². The van der Waals surface area contributed by atoms with Crippen molar-refractivity contribution in [3.63, 3.8) is 0 Å². The molecule has 2 amide bonds. The van der Waals surface area contributed by atoms with Crippen LogP contribution in [0.3, 0.4) is 0 Å². The smallest absolute Gasteiger partial charge is 0.251 e. The Bertz CT molecular complexity index is 703. The van der Waals surface area contributed by atoms with Gasteiger partial charge in [0, 0.05) is 11.0 Å². The first-order chi connectivity index (χ1) is 10.5. The molecule has 0 saturated carbocycles. The third-order valence-electron chi connectivity index (χ3n) is 3.05. The SMILES string of the molecule is CC(C)c1cc(C(N)=O)c(NC(=O)/C=C/c2ccccc2)s1. The van der Waals surface area contributed by atoms with Gasteiger partial charge in [-0.2, -0.15) is 0 Å². The summed E-state index contributed by atoms with van der Waals surface area (Å²) in [5, 5.41) is 3.23. The second-order valence-electron chi connectivity index (χ2n) is 5.14. The highest BCUT2D eigenvalue weighted by molar-refractivity contribution is 7.16. The zero-order valence-electron chi connectivity index (χ0n) is 12.5. The Hall–Kier alpha value is -2.40. The molecular weight excluding hydrogens is 296 g/mol. The van der Waals surface area contributed by atoms with Crippen LogP contribution in [0.25, 0.3) is 6.08 Å². The average Bonchev–Trinajstić information content (AvgIpc) is 2.90. The topological polar surface area (TPSA) is 72.2 Å². The third kappa shape index (κ3) is 4.05. The molecule has 2 rings (SSSR count). The van der Waals surface area contributed by atoms with Crippen LogP contribution in [0, 0.1) is 0 Å². The fourth-order valence-corrected chi connectivity index (χ4v) is 2.93. The first-order valence-electron chi connectivity index (χ1n) is 6.95. The van der Waals surface area contributed by atoms with E-state index in [9.17, 15) is 9.59 Å². The Morgan fingerprint density at radius 2 is 1.91 bits per heavy atom. The van der Waals surface area contributed by atoms with E-state index in [4.69, 9.17) is 5.73 Å². The molecule has 1 aromatic carbocycles. The normalized spacial score (nSPS) is 11.0. The molecule has 0 aliphatic heterocycles. The highest BCUT2D eigenvalue weighted by Crippen LogP contribution is 2.32. The number of nitrogens with two attached hydrogens (primary N) is 1. The van der Waals surface area contributed by atoms with Crippen molar-refractivity contribution >= 4 is 34.2 Å². The van der Waals surface area contributed by atoms with Crippen LogP contribution in [0.4, 0.5) is 5.00 Å². The molecule has 1 aromatic heterocycles. The van der Waals surface area contributed by atoms with Crippen LogP contribution < -0.4 is 11.1 Å². The van der Waals surface area contributed by atoms with Crippen LogP contribution >= 0.6 is 11.3 Å². The van der Waals surface area contributed by atoms with Gasteiger partial charge in [0.05, 0.1) is 5.56 Å². The van der Waals surface area contributed by atoms with Gasteiger partial charge in [-0.1, -0.05) is 44.2 Å². The molecule has 114 valence electrons. The van der Waals surface area contributed by atoms with Gasteiger partial charge in [-0.15, -0.1) is 11.3 Å². The number of carbonyl (C=O) groups excluding carboxylic acids is 2. The van der Waals surface area contributed by atoms with Crippen molar-refractivity contribution in [1.82, 2.24) is 0 Å². The summed E-state index contributed by atoms with van der Waals surface area (Å²) in [4.78, 5) is 24.5. The largest absolute Gasteiger partial charge is 0.366 e. The fraction of sp³-hybridized carbons (Fsp3) is 0.176. The highest BCUT2D eigenvalue weighted by atomic mass is 32.1. The van der Waals surface area contributed by atoms with Gasteiger partial charge in [0.25, 0.3) is 5.91 Å². The maximum absolute atomic E-state index is 12.0. The van der Waals surface area contributed by atoms with Crippen molar-refractivity contribution in [3.8, 4) is 0 Å². The molecule has 3 N–H and O–H groups in total. The summed E-state index contributed by atoms with van der Waals surface area (Å²) < 4.78 is 0. The molecule has 0 aliphatic rings. The maximum Gasteiger partial charge on any atom is 0.251 e. The summed E-state index contributed by atoms with van der Waals surface area (Å²) in [5.74, 6) is -0.553. The quantitative estimate of drug-likeness (QED) is 0.827. The predicted molar refractivity (Wildman–Crippen MR) is 91.0 cm³/mol. The molecule has 5 heteroatoms. The number of rotatable bonds is 5. The Morgan fingerprint density at radius 3 is 2.50 bits per heavy atom. The Morgan fingerprint density at radius 1 is 1.23 bits per heavy atom. The zero-order valence-corrected chi connectivity index (χ0v) is 13.3. The van der Waals surface area contributed by atoms with E-state index >= 15 is 0 Å². The van der Waals surface area contributed by atoms with E-state index in [0.717, 1.165) is 10.4 Å². The number of nitrogens with one attached hydrogen (secondary N) is 1. The minimum absolute atomic E-state index is 0.272. The van der Waals surface area contributed by atoms with Crippen LogP contribution in [-0.2, 0) is 4.79 Å². The van der Waals surface area contributed by atoms with Gasteiger partial charge >= 0.3 is 0 Å². The summed E-state index contributed by atoms with van der Waals surface area (Å²) in [6, 6.07) is 11.3. The number of primary amides is 1. The van der Waals surface area contributed by atoms with E-state index in [1.165, 1.54) is 17.4 Å². The minimum atomic E-state index is -0.537. The molecule has 1 heterocycles. The maximum atomic E-state index is 12.0. The molecule has 0 radical (unpaired) electrons. The average molecular weight is 314 g/mol. The highest BCUT2D eigenvalue weighted by Gasteiger charge is 2.16. The van der Waals surface area contributed by atoms with Crippen molar-refractivity contribution in [2.75, 3.05) is 5.32 Å². The van der Waals surface area contributed by atoms with Crippen LogP contribution in [0.1, 0.15) is 40.6 Å². The van der Waals surface area contributed by atoms with Gasteiger partial charge in [0.2, 0.25) is 5.91 Å². The molecule has 2 aromatic rings. The van der Waals surface area contributed by atoms with Crippen LogP contribution in [0.5, 0.6) is 0 Å².